The van der Waals surface area contributed by atoms with Gasteiger partial charge in [-0.1, -0.05) is 58.8 Å². The summed E-state index contributed by atoms with van der Waals surface area (Å²) in [6, 6.07) is 17.8. The van der Waals surface area contributed by atoms with Gasteiger partial charge in [-0.25, -0.2) is 4.63 Å². The molecule has 158 valence electrons. The second-order valence-corrected chi connectivity index (χ2v) is 8.32. The number of nitrogens with one attached hydrogen (secondary N) is 1. The summed E-state index contributed by atoms with van der Waals surface area (Å²) in [5.41, 5.74) is 3.48. The fourth-order valence-electron chi connectivity index (χ4n) is 5.11. The summed E-state index contributed by atoms with van der Waals surface area (Å²) in [7, 11) is 0. The summed E-state index contributed by atoms with van der Waals surface area (Å²) in [4.78, 5) is 28.5. The fourth-order valence-corrected chi connectivity index (χ4v) is 5.11. The van der Waals surface area contributed by atoms with Gasteiger partial charge in [0.15, 0.2) is 0 Å². The number of aromatic nitrogens is 2. The molecule has 0 radical (unpaired) electrons. The highest BCUT2D eigenvalue weighted by molar-refractivity contribution is 6.07. The van der Waals surface area contributed by atoms with Crippen LogP contribution in [0.4, 0.5) is 5.69 Å². The molecule has 1 N–H and O–H groups in total. The summed E-state index contributed by atoms with van der Waals surface area (Å²) in [5, 5.41) is 10.7. The van der Waals surface area contributed by atoms with Gasteiger partial charge in [0.2, 0.25) is 11.8 Å². The average Bonchev–Trinajstić information content (AvgIpc) is 3.45. The maximum Gasteiger partial charge on any atom is 0.237 e. The molecule has 0 unspecified atom stereocenters. The molecule has 0 bridgehead atoms. The number of nitrogens with zero attached hydrogens (tertiary/aromatic N) is 3. The molecule has 5 rings (SSSR count). The van der Waals surface area contributed by atoms with E-state index in [0.717, 1.165) is 17.7 Å². The Hall–Kier alpha value is -3.48. The van der Waals surface area contributed by atoms with Gasteiger partial charge in [0.1, 0.15) is 11.4 Å². The standard InChI is InChI=1S/C24H24N4O3/c1-16-20(27-31-26-16)15-22(29)28-14-13-24(18-9-5-6-10-19(18)25-23(24)30)21(28)12-11-17-7-3-2-4-8-17/h2-10,21H,11-15H2,1H3,(H,25,30)/t21-,24+/m0/s1. The Labute approximate surface area is 180 Å². The number of amides is 2. The normalized spacial score (nSPS) is 22.0. The number of rotatable bonds is 5. The van der Waals surface area contributed by atoms with Crippen molar-refractivity contribution in [3.05, 3.63) is 77.1 Å². The van der Waals surface area contributed by atoms with E-state index >= 15 is 0 Å². The third-order valence-corrected chi connectivity index (χ3v) is 6.69. The minimum atomic E-state index is -0.724. The molecule has 31 heavy (non-hydrogen) atoms. The van der Waals surface area contributed by atoms with Gasteiger partial charge in [-0.05, 0) is 43.4 Å². The number of aryl methyl sites for hydroxylation is 2. The van der Waals surface area contributed by atoms with E-state index in [1.165, 1.54) is 5.56 Å². The van der Waals surface area contributed by atoms with Gasteiger partial charge < -0.3 is 10.2 Å². The van der Waals surface area contributed by atoms with Crippen molar-refractivity contribution in [2.45, 2.75) is 44.1 Å². The lowest BCUT2D eigenvalue weighted by Gasteiger charge is -2.34. The first kappa shape index (κ1) is 19.5. The monoisotopic (exact) mass is 416 g/mol. The van der Waals surface area contributed by atoms with Crippen molar-refractivity contribution in [1.82, 2.24) is 15.2 Å². The van der Waals surface area contributed by atoms with Crippen LogP contribution in [0.5, 0.6) is 0 Å². The van der Waals surface area contributed by atoms with E-state index in [9.17, 15) is 9.59 Å². The van der Waals surface area contributed by atoms with E-state index in [-0.39, 0.29) is 24.3 Å². The average molecular weight is 416 g/mol. The summed E-state index contributed by atoms with van der Waals surface area (Å²) in [6.45, 7) is 2.31. The zero-order valence-electron chi connectivity index (χ0n) is 17.4. The zero-order valence-corrected chi connectivity index (χ0v) is 17.4. The van der Waals surface area contributed by atoms with Crippen LogP contribution in [0.2, 0.25) is 0 Å². The lowest BCUT2D eigenvalue weighted by Crippen LogP contribution is -2.49. The number of anilines is 1. The predicted octanol–water partition coefficient (Wildman–Crippen LogP) is 3.04. The highest BCUT2D eigenvalue weighted by Crippen LogP contribution is 2.49. The lowest BCUT2D eigenvalue weighted by atomic mass is 9.73. The lowest BCUT2D eigenvalue weighted by molar-refractivity contribution is -0.132. The molecule has 7 nitrogen and oxygen atoms in total. The summed E-state index contributed by atoms with van der Waals surface area (Å²) in [5.74, 6) is -0.0627. The van der Waals surface area contributed by atoms with E-state index in [1.807, 2.05) is 47.4 Å². The predicted molar refractivity (Wildman–Crippen MR) is 114 cm³/mol. The van der Waals surface area contributed by atoms with E-state index in [1.54, 1.807) is 6.92 Å². The first-order chi connectivity index (χ1) is 15.1. The summed E-state index contributed by atoms with van der Waals surface area (Å²) in [6.07, 6.45) is 2.22. The molecule has 1 aromatic heterocycles. The van der Waals surface area contributed by atoms with Crippen LogP contribution in [0.1, 0.15) is 35.4 Å². The second-order valence-electron chi connectivity index (χ2n) is 8.32. The van der Waals surface area contributed by atoms with Crippen molar-refractivity contribution >= 4 is 17.5 Å². The molecule has 0 saturated carbocycles. The number of carbonyl (C=O) groups excluding carboxylic acids is 2. The van der Waals surface area contributed by atoms with Crippen LogP contribution in [0, 0.1) is 6.92 Å². The smallest absolute Gasteiger partial charge is 0.237 e. The Balaban J connectivity index is 1.49. The van der Waals surface area contributed by atoms with Gasteiger partial charge in [-0.3, -0.25) is 9.59 Å². The fraction of sp³-hybridized carbons (Fsp3) is 0.333. The highest BCUT2D eigenvalue weighted by atomic mass is 16.6. The number of likely N-dealkylation sites (tertiary alicyclic amines) is 1. The van der Waals surface area contributed by atoms with Crippen molar-refractivity contribution in [3.8, 4) is 0 Å². The van der Waals surface area contributed by atoms with Crippen LogP contribution >= 0.6 is 0 Å². The molecular weight excluding hydrogens is 392 g/mol. The molecule has 2 aromatic carbocycles. The Morgan fingerprint density at radius 3 is 2.71 bits per heavy atom. The van der Waals surface area contributed by atoms with Crippen molar-refractivity contribution in [2.24, 2.45) is 0 Å². The van der Waals surface area contributed by atoms with E-state index in [4.69, 9.17) is 4.63 Å². The van der Waals surface area contributed by atoms with Gasteiger partial charge in [-0.2, -0.15) is 0 Å². The third-order valence-electron chi connectivity index (χ3n) is 6.69. The minimum Gasteiger partial charge on any atom is -0.338 e. The van der Waals surface area contributed by atoms with Gasteiger partial charge >= 0.3 is 0 Å². The van der Waals surface area contributed by atoms with Gasteiger partial charge in [0.05, 0.1) is 17.9 Å². The molecule has 2 aliphatic rings. The summed E-state index contributed by atoms with van der Waals surface area (Å²) < 4.78 is 4.76. The number of carbonyl (C=O) groups is 2. The van der Waals surface area contributed by atoms with Gasteiger partial charge in [0.25, 0.3) is 0 Å². The molecule has 0 aliphatic carbocycles. The Morgan fingerprint density at radius 2 is 1.94 bits per heavy atom. The maximum absolute atomic E-state index is 13.3. The molecular formula is C24H24N4O3. The Morgan fingerprint density at radius 1 is 1.16 bits per heavy atom. The zero-order chi connectivity index (χ0) is 21.4. The SMILES string of the molecule is Cc1nonc1CC(=O)N1CC[C@]2(C(=O)Nc3ccccc32)[C@@H]1CCc1ccccc1. The molecule has 3 heterocycles. The van der Waals surface area contributed by atoms with Gasteiger partial charge in [0, 0.05) is 12.2 Å². The van der Waals surface area contributed by atoms with Crippen LogP contribution < -0.4 is 5.32 Å². The summed E-state index contributed by atoms with van der Waals surface area (Å²) >= 11 is 0. The molecule has 1 saturated heterocycles. The van der Waals surface area contributed by atoms with Crippen LogP contribution in [0.3, 0.4) is 0 Å². The van der Waals surface area contributed by atoms with Crippen LogP contribution in [-0.2, 0) is 27.8 Å². The number of fused-ring (bicyclic) bond motifs is 2. The van der Waals surface area contributed by atoms with Crippen molar-refractivity contribution in [3.63, 3.8) is 0 Å². The van der Waals surface area contributed by atoms with E-state index < -0.39 is 5.41 Å². The number of hydrogen-bond donors (Lipinski definition) is 1. The topological polar surface area (TPSA) is 88.3 Å². The highest BCUT2D eigenvalue weighted by Gasteiger charge is 2.58. The molecule has 3 aromatic rings. The van der Waals surface area contributed by atoms with Crippen LogP contribution in [-0.4, -0.2) is 39.6 Å². The quantitative estimate of drug-likeness (QED) is 0.691. The third kappa shape index (κ3) is 3.21. The number of para-hydroxylation sites is 1. The van der Waals surface area contributed by atoms with Crippen molar-refractivity contribution in [2.75, 3.05) is 11.9 Å². The number of benzene rings is 2. The van der Waals surface area contributed by atoms with E-state index in [2.05, 4.69) is 27.8 Å². The largest absolute Gasteiger partial charge is 0.338 e. The van der Waals surface area contributed by atoms with Crippen molar-refractivity contribution in [1.29, 1.82) is 0 Å². The Bertz CT molecular complexity index is 1130. The van der Waals surface area contributed by atoms with Crippen LogP contribution in [0.25, 0.3) is 0 Å². The van der Waals surface area contributed by atoms with Crippen molar-refractivity contribution < 1.29 is 14.2 Å². The Kier molecular flexibility index (Phi) is 4.81. The maximum atomic E-state index is 13.3. The molecule has 2 aliphatic heterocycles. The molecule has 2 atom stereocenters. The number of hydrogen-bond acceptors (Lipinski definition) is 5. The second kappa shape index (κ2) is 7.65. The first-order valence-electron chi connectivity index (χ1n) is 10.6. The molecule has 7 heteroatoms. The van der Waals surface area contributed by atoms with Crippen LogP contribution in [0.15, 0.2) is 59.2 Å². The minimum absolute atomic E-state index is 0.0126. The molecule has 1 fully saturated rings. The molecule has 2 amide bonds. The van der Waals surface area contributed by atoms with Gasteiger partial charge in [-0.15, -0.1) is 0 Å². The van der Waals surface area contributed by atoms with E-state index in [0.29, 0.717) is 30.8 Å². The first-order valence-corrected chi connectivity index (χ1v) is 10.6. The molecule has 1 spiro atoms.